The first-order chi connectivity index (χ1) is 9.02. The monoisotopic (exact) mass is 269 g/mol. The van der Waals surface area contributed by atoms with Gasteiger partial charge in [-0.05, 0) is 46.7 Å². The summed E-state index contributed by atoms with van der Waals surface area (Å²) in [5.74, 6) is 0. The minimum atomic E-state index is 0.343. The topological polar surface area (TPSA) is 3.24 Å². The van der Waals surface area contributed by atoms with Gasteiger partial charge >= 0.3 is 0 Å². The minimum absolute atomic E-state index is 0.343. The van der Waals surface area contributed by atoms with E-state index in [0.29, 0.717) is 5.54 Å². The maximum atomic E-state index is 2.70. The van der Waals surface area contributed by atoms with Gasteiger partial charge in [-0.25, -0.2) is 0 Å². The molecule has 0 saturated heterocycles. The van der Waals surface area contributed by atoms with Gasteiger partial charge in [0.05, 0.1) is 0 Å². The van der Waals surface area contributed by atoms with Gasteiger partial charge in [0.15, 0.2) is 0 Å². The quantitative estimate of drug-likeness (QED) is 0.391. The molecule has 0 spiro atoms. The number of hydrogen-bond donors (Lipinski definition) is 0. The average molecular weight is 270 g/mol. The van der Waals surface area contributed by atoms with Gasteiger partial charge in [-0.2, -0.15) is 0 Å². The fourth-order valence-corrected chi connectivity index (χ4v) is 2.60. The Balaban J connectivity index is 3.77. The molecule has 0 aromatic carbocycles. The molecule has 1 nitrogen and oxygen atoms in total. The molecule has 0 heterocycles. The van der Waals surface area contributed by atoms with E-state index in [1.54, 1.807) is 0 Å². The minimum Gasteiger partial charge on any atom is -0.298 e. The third-order valence-corrected chi connectivity index (χ3v) is 4.01. The van der Waals surface area contributed by atoms with Crippen molar-refractivity contribution < 1.29 is 0 Å². The molecular weight excluding hydrogens is 230 g/mol. The molecule has 0 rings (SSSR count). The van der Waals surface area contributed by atoms with E-state index in [1.807, 2.05) is 0 Å². The third-order valence-electron chi connectivity index (χ3n) is 4.01. The first kappa shape index (κ1) is 19.0. The van der Waals surface area contributed by atoms with Crippen LogP contribution in [0.15, 0.2) is 0 Å². The van der Waals surface area contributed by atoms with E-state index in [9.17, 15) is 0 Å². The SMILES string of the molecule is CCCCCCCN(CCCCCCC)C(C)(C)C. The van der Waals surface area contributed by atoms with Crippen molar-refractivity contribution in [1.29, 1.82) is 0 Å². The lowest BCUT2D eigenvalue weighted by atomic mass is 10.0. The Hall–Kier alpha value is -0.0400. The standard InChI is InChI=1S/C18H39N/c1-6-8-10-12-14-16-19(18(3,4)5)17-15-13-11-9-7-2/h6-17H2,1-5H3. The van der Waals surface area contributed by atoms with E-state index in [2.05, 4.69) is 39.5 Å². The molecule has 0 fully saturated rings. The van der Waals surface area contributed by atoms with Crippen LogP contribution in [0.4, 0.5) is 0 Å². The van der Waals surface area contributed by atoms with Crippen LogP contribution in [-0.4, -0.2) is 23.5 Å². The average Bonchev–Trinajstić information content (AvgIpc) is 2.34. The Kier molecular flexibility index (Phi) is 11.7. The summed E-state index contributed by atoms with van der Waals surface area (Å²) < 4.78 is 0. The van der Waals surface area contributed by atoms with Crippen LogP contribution >= 0.6 is 0 Å². The highest BCUT2D eigenvalue weighted by molar-refractivity contribution is 4.76. The van der Waals surface area contributed by atoms with Crippen LogP contribution in [0, 0.1) is 0 Å². The van der Waals surface area contributed by atoms with Crippen molar-refractivity contribution in [1.82, 2.24) is 4.90 Å². The summed E-state index contributed by atoms with van der Waals surface area (Å²) in [5.41, 5.74) is 0.343. The molecule has 0 aromatic heterocycles. The Morgan fingerprint density at radius 2 is 0.947 bits per heavy atom. The Morgan fingerprint density at radius 3 is 1.26 bits per heavy atom. The highest BCUT2D eigenvalue weighted by Crippen LogP contribution is 2.16. The van der Waals surface area contributed by atoms with E-state index in [-0.39, 0.29) is 0 Å². The van der Waals surface area contributed by atoms with Crippen LogP contribution < -0.4 is 0 Å². The van der Waals surface area contributed by atoms with Crippen molar-refractivity contribution in [2.45, 2.75) is 104 Å². The molecule has 0 unspecified atom stereocenters. The molecule has 0 aliphatic carbocycles. The van der Waals surface area contributed by atoms with Gasteiger partial charge < -0.3 is 0 Å². The van der Waals surface area contributed by atoms with Gasteiger partial charge in [-0.15, -0.1) is 0 Å². The second-order valence-electron chi connectivity index (χ2n) is 6.99. The molecule has 0 aliphatic heterocycles. The van der Waals surface area contributed by atoms with E-state index in [0.717, 1.165) is 0 Å². The van der Waals surface area contributed by atoms with Gasteiger partial charge in [0.1, 0.15) is 0 Å². The summed E-state index contributed by atoms with van der Waals surface area (Å²) in [5, 5.41) is 0. The zero-order valence-corrected chi connectivity index (χ0v) is 14.4. The molecule has 19 heavy (non-hydrogen) atoms. The Bertz CT molecular complexity index is 167. The molecule has 1 heteroatoms. The van der Waals surface area contributed by atoms with Crippen LogP contribution in [0.2, 0.25) is 0 Å². The molecule has 116 valence electrons. The largest absolute Gasteiger partial charge is 0.298 e. The summed E-state index contributed by atoms with van der Waals surface area (Å²) >= 11 is 0. The lowest BCUT2D eigenvalue weighted by molar-refractivity contribution is 0.130. The molecular formula is C18H39N. The zero-order valence-electron chi connectivity index (χ0n) is 14.4. The highest BCUT2D eigenvalue weighted by atomic mass is 15.2. The van der Waals surface area contributed by atoms with Crippen molar-refractivity contribution >= 4 is 0 Å². The normalized spacial score (nSPS) is 12.3. The van der Waals surface area contributed by atoms with E-state index >= 15 is 0 Å². The highest BCUT2D eigenvalue weighted by Gasteiger charge is 2.19. The zero-order chi connectivity index (χ0) is 14.6. The summed E-state index contributed by atoms with van der Waals surface area (Å²) in [7, 11) is 0. The van der Waals surface area contributed by atoms with Crippen molar-refractivity contribution in [3.8, 4) is 0 Å². The van der Waals surface area contributed by atoms with Crippen molar-refractivity contribution in [3.63, 3.8) is 0 Å². The Morgan fingerprint density at radius 1 is 0.579 bits per heavy atom. The first-order valence-corrected chi connectivity index (χ1v) is 8.77. The molecule has 0 bridgehead atoms. The molecule has 0 amide bonds. The van der Waals surface area contributed by atoms with Crippen LogP contribution in [0.5, 0.6) is 0 Å². The van der Waals surface area contributed by atoms with Crippen molar-refractivity contribution in [2.24, 2.45) is 0 Å². The molecule has 0 aromatic rings. The Labute approximate surface area is 123 Å². The number of hydrogen-bond acceptors (Lipinski definition) is 1. The van der Waals surface area contributed by atoms with Crippen LogP contribution in [0.3, 0.4) is 0 Å². The van der Waals surface area contributed by atoms with Crippen molar-refractivity contribution in [2.75, 3.05) is 13.1 Å². The number of rotatable bonds is 12. The van der Waals surface area contributed by atoms with E-state index in [1.165, 1.54) is 77.3 Å². The summed E-state index contributed by atoms with van der Waals surface area (Å²) in [6.07, 6.45) is 13.9. The van der Waals surface area contributed by atoms with Gasteiger partial charge in [-0.1, -0.05) is 65.2 Å². The molecule has 0 N–H and O–H groups in total. The van der Waals surface area contributed by atoms with E-state index < -0.39 is 0 Å². The summed E-state index contributed by atoms with van der Waals surface area (Å²) in [4.78, 5) is 2.70. The fourth-order valence-electron chi connectivity index (χ4n) is 2.60. The smallest absolute Gasteiger partial charge is 0.0125 e. The van der Waals surface area contributed by atoms with Gasteiger partial charge in [0.2, 0.25) is 0 Å². The maximum Gasteiger partial charge on any atom is 0.0125 e. The van der Waals surface area contributed by atoms with Crippen molar-refractivity contribution in [3.05, 3.63) is 0 Å². The van der Waals surface area contributed by atoms with E-state index in [4.69, 9.17) is 0 Å². The second kappa shape index (κ2) is 11.8. The predicted octanol–water partition coefficient (Wildman–Crippen LogP) is 6.03. The van der Waals surface area contributed by atoms with Crippen LogP contribution in [0.25, 0.3) is 0 Å². The van der Waals surface area contributed by atoms with Crippen LogP contribution in [0.1, 0.15) is 98.8 Å². The fraction of sp³-hybridized carbons (Fsp3) is 1.00. The lowest BCUT2D eigenvalue weighted by Gasteiger charge is -2.36. The second-order valence-corrected chi connectivity index (χ2v) is 6.99. The molecule has 0 aliphatic rings. The molecule has 0 atom stereocenters. The third kappa shape index (κ3) is 11.5. The van der Waals surface area contributed by atoms with Gasteiger partial charge in [0.25, 0.3) is 0 Å². The van der Waals surface area contributed by atoms with Crippen LogP contribution in [-0.2, 0) is 0 Å². The first-order valence-electron chi connectivity index (χ1n) is 8.77. The predicted molar refractivity (Wildman–Crippen MR) is 88.8 cm³/mol. The summed E-state index contributed by atoms with van der Waals surface area (Å²) in [6, 6.07) is 0. The molecule has 0 saturated carbocycles. The molecule has 0 radical (unpaired) electrons. The lowest BCUT2D eigenvalue weighted by Crippen LogP contribution is -2.42. The maximum absolute atomic E-state index is 2.70. The number of nitrogens with zero attached hydrogens (tertiary/aromatic N) is 1. The number of unbranched alkanes of at least 4 members (excludes halogenated alkanes) is 8. The van der Waals surface area contributed by atoms with Gasteiger partial charge in [0, 0.05) is 5.54 Å². The van der Waals surface area contributed by atoms with Gasteiger partial charge in [-0.3, -0.25) is 4.90 Å². The summed E-state index contributed by atoms with van der Waals surface area (Å²) in [6.45, 7) is 14.3.